The van der Waals surface area contributed by atoms with E-state index < -0.39 is 6.10 Å². The number of hydrogen-bond donors (Lipinski definition) is 1. The molecule has 0 radical (unpaired) electrons. The number of carbonyl (C=O) groups is 3. The largest absolute Gasteiger partial charge is 0.497 e. The van der Waals surface area contributed by atoms with Crippen molar-refractivity contribution < 1.29 is 29.0 Å². The molecule has 0 saturated heterocycles. The Hall–Kier alpha value is -1.98. The molecule has 0 aromatic heterocycles. The number of alkyl halides is 2. The lowest BCUT2D eigenvalue weighted by atomic mass is 9.45. The van der Waals surface area contributed by atoms with Crippen LogP contribution in [-0.4, -0.2) is 61.4 Å². The van der Waals surface area contributed by atoms with Crippen LogP contribution in [-0.2, 0) is 4.79 Å². The molecule has 4 saturated carbocycles. The van der Waals surface area contributed by atoms with Crippen molar-refractivity contribution >= 4 is 49.1 Å². The van der Waals surface area contributed by atoms with E-state index in [1.165, 1.54) is 6.42 Å². The maximum Gasteiger partial charge on any atom is 0.167 e. The van der Waals surface area contributed by atoms with E-state index in [-0.39, 0.29) is 73.9 Å². The number of aryl methyl sites for hydroxylation is 2. The summed E-state index contributed by atoms with van der Waals surface area (Å²) in [5.41, 5.74) is 3.52. The number of fused-ring (bicyclic) bond motifs is 2. The van der Waals surface area contributed by atoms with Crippen molar-refractivity contribution in [3.05, 3.63) is 58.7 Å². The van der Waals surface area contributed by atoms with Gasteiger partial charge in [-0.2, -0.15) is 0 Å². The normalized spacial score (nSPS) is 31.9. The number of methoxy groups -OCH3 is 2. The fourth-order valence-electron chi connectivity index (χ4n) is 12.0. The lowest BCUT2D eigenvalue weighted by molar-refractivity contribution is -0.143. The number of hydrogen-bond acceptors (Lipinski definition) is 6. The van der Waals surface area contributed by atoms with Crippen LogP contribution in [0.3, 0.4) is 0 Å². The molecule has 1 N–H and O–H groups in total. The van der Waals surface area contributed by atoms with Crippen molar-refractivity contribution in [3.8, 4) is 11.5 Å². The number of ketones is 3. The lowest BCUT2D eigenvalue weighted by Crippen LogP contribution is -2.57. The van der Waals surface area contributed by atoms with Crippen LogP contribution in [0.15, 0.2) is 36.4 Å². The first-order valence-electron chi connectivity index (χ1n) is 21.3. The average Bonchev–Trinajstić information content (AvgIpc) is 3.14. The van der Waals surface area contributed by atoms with Gasteiger partial charge in [0.25, 0.3) is 0 Å². The SMILES string of the molecule is COc1cc(C)cc(C(=O)[C@H]2[C@@H](C)C(=O)C[C@H]3C(C)(C)CCC[C@]23C)c1.COc1cc(C)cc(C(=O)[C@H]2[C@@H](C)[C@H](O)C[C@H]3C(C)(C)CCC[C@]23C)c1.CPC.ClCCl. The Balaban J connectivity index is 0.000000273. The molecule has 326 valence electrons. The Labute approximate surface area is 363 Å². The second kappa shape index (κ2) is 20.7. The topological polar surface area (TPSA) is 89.9 Å². The van der Waals surface area contributed by atoms with Crippen molar-refractivity contribution in [2.75, 3.05) is 32.9 Å². The minimum atomic E-state index is -0.411. The van der Waals surface area contributed by atoms with Gasteiger partial charge in [0.2, 0.25) is 0 Å². The summed E-state index contributed by atoms with van der Waals surface area (Å²) in [6.45, 7) is 26.0. The molecule has 6 nitrogen and oxygen atoms in total. The van der Waals surface area contributed by atoms with E-state index in [2.05, 4.69) is 61.8 Å². The predicted molar refractivity (Wildman–Crippen MR) is 245 cm³/mol. The monoisotopic (exact) mass is 860 g/mol. The van der Waals surface area contributed by atoms with Crippen LogP contribution >= 0.6 is 31.8 Å². The summed E-state index contributed by atoms with van der Waals surface area (Å²) < 4.78 is 10.8. The molecule has 58 heavy (non-hydrogen) atoms. The van der Waals surface area contributed by atoms with Crippen molar-refractivity contribution in [3.63, 3.8) is 0 Å². The highest BCUT2D eigenvalue weighted by Gasteiger charge is 2.59. The van der Waals surface area contributed by atoms with E-state index in [9.17, 15) is 19.5 Å². The number of rotatable bonds is 6. The van der Waals surface area contributed by atoms with Gasteiger partial charge in [0.05, 0.1) is 25.7 Å². The van der Waals surface area contributed by atoms with Gasteiger partial charge in [0, 0.05) is 35.3 Å². The highest BCUT2D eigenvalue weighted by molar-refractivity contribution is 7.35. The maximum atomic E-state index is 13.7. The summed E-state index contributed by atoms with van der Waals surface area (Å²) in [6.07, 6.45) is 7.70. The molecular weight excluding hydrogens is 786 g/mol. The van der Waals surface area contributed by atoms with Gasteiger partial charge in [0.1, 0.15) is 17.3 Å². The standard InChI is InChI=1S/C23H34O3.C23H32O3.C2H7P.CH2Cl2/c2*1-14-10-16(12-17(11-14)26-6)21(25)20-15(2)18(24)13-19-22(3,4)8-7-9-23(19,20)5;1-3-2;2-1-3/h10-12,15,18-20,24H,7-9,13H2,1-6H3;10-12,15,19-20H,7-9,13H2,1-6H3;3H,1-2H3;1H2/t15-,18+,19-,20+,23-;15-,19-,20+,23-;;/m00../s1. The summed E-state index contributed by atoms with van der Waals surface area (Å²) in [5.74, 6) is 1.96. The van der Waals surface area contributed by atoms with Crippen LogP contribution in [0, 0.1) is 71.0 Å². The third-order valence-corrected chi connectivity index (χ3v) is 14.7. The highest BCUT2D eigenvalue weighted by atomic mass is 35.5. The predicted octanol–water partition coefficient (Wildman–Crippen LogP) is 12.6. The summed E-state index contributed by atoms with van der Waals surface area (Å²) in [5, 5.41) is 11.0. The quantitative estimate of drug-likeness (QED) is 0.177. The van der Waals surface area contributed by atoms with E-state index in [1.807, 2.05) is 57.2 Å². The summed E-state index contributed by atoms with van der Waals surface area (Å²) >= 11 is 9.53. The molecule has 9 heteroatoms. The van der Waals surface area contributed by atoms with E-state index >= 15 is 0 Å². The zero-order valence-electron chi connectivity index (χ0n) is 38.1. The second-order valence-corrected chi connectivity index (χ2v) is 21.5. The third-order valence-electron chi connectivity index (χ3n) is 14.7. The van der Waals surface area contributed by atoms with E-state index in [1.54, 1.807) is 14.2 Å². The van der Waals surface area contributed by atoms with Gasteiger partial charge in [-0.1, -0.05) is 68.2 Å². The molecule has 6 rings (SSSR count). The van der Waals surface area contributed by atoms with Gasteiger partial charge in [-0.15, -0.1) is 31.8 Å². The smallest absolute Gasteiger partial charge is 0.167 e. The Kier molecular flexibility index (Phi) is 18.0. The van der Waals surface area contributed by atoms with Gasteiger partial charge >= 0.3 is 0 Å². The Bertz CT molecular complexity index is 1720. The van der Waals surface area contributed by atoms with Crippen LogP contribution in [0.4, 0.5) is 0 Å². The fourth-order valence-corrected chi connectivity index (χ4v) is 12.0. The number of halogens is 2. The molecule has 2 aromatic carbocycles. The number of ether oxygens (including phenoxy) is 2. The van der Waals surface area contributed by atoms with Crippen LogP contribution in [0.1, 0.15) is 139 Å². The lowest BCUT2D eigenvalue weighted by Gasteiger charge is -2.59. The molecular formula is C49H75Cl2O6P. The average molecular weight is 862 g/mol. The minimum Gasteiger partial charge on any atom is -0.497 e. The maximum absolute atomic E-state index is 13.7. The van der Waals surface area contributed by atoms with Crippen molar-refractivity contribution in [1.82, 2.24) is 0 Å². The minimum absolute atomic E-state index is 0.0239. The van der Waals surface area contributed by atoms with E-state index in [4.69, 9.17) is 32.7 Å². The molecule has 2 aromatic rings. The molecule has 4 aliphatic rings. The Morgan fingerprint density at radius 1 is 0.724 bits per heavy atom. The van der Waals surface area contributed by atoms with Gasteiger partial charge in [-0.3, -0.25) is 14.4 Å². The fraction of sp³-hybridized carbons (Fsp3) is 0.694. The summed E-state index contributed by atoms with van der Waals surface area (Å²) in [6, 6.07) is 11.5. The molecule has 0 amide bonds. The molecule has 0 unspecified atom stereocenters. The number of aliphatic hydroxyl groups is 1. The van der Waals surface area contributed by atoms with Crippen LogP contribution in [0.25, 0.3) is 0 Å². The molecule has 0 heterocycles. The number of carbonyl (C=O) groups excluding carboxylic acids is 3. The number of aliphatic hydroxyl groups excluding tert-OH is 1. The summed E-state index contributed by atoms with van der Waals surface area (Å²) in [4.78, 5) is 40.2. The first-order chi connectivity index (χ1) is 27.0. The highest BCUT2D eigenvalue weighted by Crippen LogP contribution is 2.62. The Morgan fingerprint density at radius 3 is 1.55 bits per heavy atom. The van der Waals surface area contributed by atoms with Gasteiger partial charge in [-0.25, -0.2) is 0 Å². The Morgan fingerprint density at radius 2 is 1.12 bits per heavy atom. The molecule has 9 atom stereocenters. The van der Waals surface area contributed by atoms with Crippen molar-refractivity contribution in [2.24, 2.45) is 57.2 Å². The van der Waals surface area contributed by atoms with E-state index in [0.717, 1.165) is 69.5 Å². The van der Waals surface area contributed by atoms with E-state index in [0.29, 0.717) is 23.7 Å². The zero-order chi connectivity index (χ0) is 44.0. The molecule has 0 aliphatic heterocycles. The first-order valence-corrected chi connectivity index (χ1v) is 24.4. The van der Waals surface area contributed by atoms with Crippen LogP contribution < -0.4 is 9.47 Å². The van der Waals surface area contributed by atoms with Gasteiger partial charge in [0.15, 0.2) is 11.6 Å². The molecule has 4 aliphatic carbocycles. The van der Waals surface area contributed by atoms with Gasteiger partial charge < -0.3 is 14.6 Å². The summed E-state index contributed by atoms with van der Waals surface area (Å²) in [7, 11) is 4.34. The van der Waals surface area contributed by atoms with Gasteiger partial charge in [-0.05, 0) is 146 Å². The molecule has 0 bridgehead atoms. The second-order valence-electron chi connectivity index (χ2n) is 19.7. The number of benzene rings is 2. The molecule has 4 fully saturated rings. The number of Topliss-reactive ketones (excluding diaryl/α,β-unsaturated/α-hetero) is 3. The first kappa shape index (κ1) is 50.4. The van der Waals surface area contributed by atoms with Crippen molar-refractivity contribution in [2.45, 2.75) is 127 Å². The van der Waals surface area contributed by atoms with Crippen LogP contribution in [0.2, 0.25) is 0 Å². The zero-order valence-corrected chi connectivity index (χ0v) is 40.6. The third kappa shape index (κ3) is 10.9. The van der Waals surface area contributed by atoms with Crippen molar-refractivity contribution in [1.29, 1.82) is 0 Å². The van der Waals surface area contributed by atoms with Crippen LogP contribution in [0.5, 0.6) is 11.5 Å². The molecule has 0 spiro atoms.